The molecule has 0 radical (unpaired) electrons. The van der Waals surface area contributed by atoms with Gasteiger partial charge in [-0.25, -0.2) is 0 Å². The zero-order valence-electron chi connectivity index (χ0n) is 22.8. The van der Waals surface area contributed by atoms with E-state index in [4.69, 9.17) is 0 Å². The van der Waals surface area contributed by atoms with Gasteiger partial charge in [-0.05, 0) is 112 Å². The Morgan fingerprint density at radius 3 is 1.97 bits per heavy atom. The molecule has 3 heteroatoms. The molecule has 5 rings (SSSR count). The van der Waals surface area contributed by atoms with Crippen molar-refractivity contribution in [2.24, 2.45) is 0 Å². The van der Waals surface area contributed by atoms with Crippen LogP contribution in [0.15, 0.2) is 84.9 Å². The number of nitrogens with zero attached hydrogens (tertiary/aromatic N) is 1. The van der Waals surface area contributed by atoms with Crippen molar-refractivity contribution in [1.82, 2.24) is 4.90 Å². The molecule has 0 atom stereocenters. The Labute approximate surface area is 221 Å². The maximum atomic E-state index is 12.9. The number of aryl methyl sites for hydroxylation is 1. The highest BCUT2D eigenvalue weighted by Gasteiger charge is 2.40. The summed E-state index contributed by atoms with van der Waals surface area (Å²) in [6, 6.07) is 29.1. The number of fused-ring (bicyclic) bond motifs is 1. The summed E-state index contributed by atoms with van der Waals surface area (Å²) in [6.07, 6.45) is 3.77. The highest BCUT2D eigenvalue weighted by atomic mass is 16.1. The summed E-state index contributed by atoms with van der Waals surface area (Å²) in [6.45, 7) is 12.5. The largest absolute Gasteiger partial charge is 0.322 e. The second-order valence-electron chi connectivity index (χ2n) is 11.9. The van der Waals surface area contributed by atoms with Gasteiger partial charge in [0.1, 0.15) is 0 Å². The van der Waals surface area contributed by atoms with Crippen LogP contribution in [-0.4, -0.2) is 21.9 Å². The van der Waals surface area contributed by atoms with Crippen LogP contribution in [-0.2, 0) is 6.54 Å². The number of carbonyl (C=O) groups excluding carboxylic acids is 1. The molecule has 0 bridgehead atoms. The average molecular weight is 491 g/mol. The van der Waals surface area contributed by atoms with Crippen molar-refractivity contribution in [3.63, 3.8) is 0 Å². The molecule has 190 valence electrons. The van der Waals surface area contributed by atoms with Crippen LogP contribution in [0.5, 0.6) is 0 Å². The van der Waals surface area contributed by atoms with Gasteiger partial charge in [0.25, 0.3) is 5.91 Å². The number of hydrogen-bond acceptors (Lipinski definition) is 2. The fourth-order valence-corrected chi connectivity index (χ4v) is 5.89. The lowest BCUT2D eigenvalue weighted by Gasteiger charge is -2.53. The van der Waals surface area contributed by atoms with Crippen LogP contribution < -0.4 is 5.32 Å². The number of carbonyl (C=O) groups is 1. The molecule has 1 aliphatic heterocycles. The second kappa shape index (κ2) is 9.79. The first-order chi connectivity index (χ1) is 17.6. The Kier molecular flexibility index (Phi) is 6.68. The molecule has 3 nitrogen and oxygen atoms in total. The summed E-state index contributed by atoms with van der Waals surface area (Å²) in [4.78, 5) is 15.6. The predicted octanol–water partition coefficient (Wildman–Crippen LogP) is 8.61. The molecule has 1 aliphatic rings. The third-order valence-corrected chi connectivity index (χ3v) is 8.07. The smallest absolute Gasteiger partial charge is 0.255 e. The van der Waals surface area contributed by atoms with Crippen LogP contribution in [0.4, 0.5) is 5.69 Å². The predicted molar refractivity (Wildman–Crippen MR) is 156 cm³/mol. The molecule has 0 saturated carbocycles. The van der Waals surface area contributed by atoms with Crippen molar-refractivity contribution < 1.29 is 4.79 Å². The number of rotatable bonds is 5. The molecule has 1 fully saturated rings. The second-order valence-corrected chi connectivity index (χ2v) is 11.9. The Balaban J connectivity index is 1.29. The third-order valence-electron chi connectivity index (χ3n) is 8.07. The molecular weight excluding hydrogens is 452 g/mol. The lowest BCUT2D eigenvalue weighted by molar-refractivity contribution is -0.0340. The van der Waals surface area contributed by atoms with Gasteiger partial charge in [0.05, 0.1) is 0 Å². The average Bonchev–Trinajstić information content (AvgIpc) is 2.86. The van der Waals surface area contributed by atoms with Gasteiger partial charge in [-0.15, -0.1) is 0 Å². The molecule has 1 saturated heterocycles. The molecule has 0 unspecified atom stereocenters. The van der Waals surface area contributed by atoms with E-state index >= 15 is 0 Å². The number of likely N-dealkylation sites (tertiary alicyclic amines) is 1. The van der Waals surface area contributed by atoms with E-state index in [-0.39, 0.29) is 17.0 Å². The first-order valence-corrected chi connectivity index (χ1v) is 13.4. The summed E-state index contributed by atoms with van der Waals surface area (Å²) in [5.41, 5.74) is 6.69. The summed E-state index contributed by atoms with van der Waals surface area (Å²) in [7, 11) is 0. The zero-order chi connectivity index (χ0) is 26.2. The van der Waals surface area contributed by atoms with E-state index in [1.54, 1.807) is 0 Å². The summed E-state index contributed by atoms with van der Waals surface area (Å²) in [5, 5.41) is 5.40. The van der Waals surface area contributed by atoms with E-state index in [2.05, 4.69) is 99.4 Å². The Bertz CT molecular complexity index is 1400. The zero-order valence-corrected chi connectivity index (χ0v) is 22.8. The van der Waals surface area contributed by atoms with Crippen LogP contribution in [0, 0.1) is 6.92 Å². The standard InChI is InChI=1S/C34H38N2O/c1-24-7-10-26(11-8-24)27-13-15-28(16-14-27)32(37)35-31-18-17-29-21-25(9-12-30(29)22-31)23-36-33(2,3)19-6-20-34(36,4)5/h7-18,21-22H,6,19-20,23H2,1-5H3,(H,35,37). The number of nitrogens with one attached hydrogen (secondary N) is 1. The Morgan fingerprint density at radius 1 is 0.757 bits per heavy atom. The molecule has 4 aromatic rings. The van der Waals surface area contributed by atoms with Gasteiger partial charge in [0.15, 0.2) is 0 Å². The monoisotopic (exact) mass is 490 g/mol. The molecule has 1 amide bonds. The first kappa shape index (κ1) is 25.2. The van der Waals surface area contributed by atoms with Gasteiger partial charge >= 0.3 is 0 Å². The summed E-state index contributed by atoms with van der Waals surface area (Å²) in [5.74, 6) is -0.0963. The van der Waals surface area contributed by atoms with Gasteiger partial charge < -0.3 is 5.32 Å². The topological polar surface area (TPSA) is 32.3 Å². The molecule has 0 aliphatic carbocycles. The van der Waals surface area contributed by atoms with Crippen LogP contribution in [0.25, 0.3) is 21.9 Å². The van der Waals surface area contributed by atoms with E-state index in [1.165, 1.54) is 35.8 Å². The molecular formula is C34H38N2O. The molecule has 0 aromatic heterocycles. The SMILES string of the molecule is Cc1ccc(-c2ccc(C(=O)Nc3ccc4cc(CN5C(C)(C)CCCC5(C)C)ccc4c3)cc2)cc1. The van der Waals surface area contributed by atoms with Crippen LogP contribution in [0.1, 0.15) is 68.4 Å². The van der Waals surface area contributed by atoms with Crippen molar-refractivity contribution in [3.8, 4) is 11.1 Å². The highest BCUT2D eigenvalue weighted by molar-refractivity contribution is 6.05. The maximum absolute atomic E-state index is 12.9. The Hall–Kier alpha value is -3.43. The number of anilines is 1. The number of piperidine rings is 1. The fraction of sp³-hybridized carbons (Fsp3) is 0.324. The van der Waals surface area contributed by atoms with Crippen LogP contribution in [0.3, 0.4) is 0 Å². The lowest BCUT2D eigenvalue weighted by atomic mass is 9.79. The quantitative estimate of drug-likeness (QED) is 0.304. The molecule has 1 heterocycles. The van der Waals surface area contributed by atoms with Gasteiger partial charge in [0.2, 0.25) is 0 Å². The summed E-state index contributed by atoms with van der Waals surface area (Å²) >= 11 is 0. The first-order valence-electron chi connectivity index (χ1n) is 13.4. The van der Waals surface area contributed by atoms with Gasteiger partial charge in [0, 0.05) is 28.9 Å². The van der Waals surface area contributed by atoms with Gasteiger partial charge in [-0.2, -0.15) is 0 Å². The third kappa shape index (κ3) is 5.47. The van der Waals surface area contributed by atoms with E-state index in [0.717, 1.165) is 28.7 Å². The minimum Gasteiger partial charge on any atom is -0.322 e. The summed E-state index contributed by atoms with van der Waals surface area (Å²) < 4.78 is 0. The number of hydrogen-bond donors (Lipinski definition) is 1. The minimum absolute atomic E-state index is 0.0963. The van der Waals surface area contributed by atoms with Crippen molar-refractivity contribution in [2.45, 2.75) is 71.5 Å². The Morgan fingerprint density at radius 2 is 1.32 bits per heavy atom. The minimum atomic E-state index is -0.0963. The molecule has 37 heavy (non-hydrogen) atoms. The van der Waals surface area contributed by atoms with Gasteiger partial charge in [-0.3, -0.25) is 9.69 Å². The van der Waals surface area contributed by atoms with Crippen LogP contribution in [0.2, 0.25) is 0 Å². The van der Waals surface area contributed by atoms with Crippen LogP contribution >= 0.6 is 0 Å². The fourth-order valence-electron chi connectivity index (χ4n) is 5.89. The van der Waals surface area contributed by atoms with Crippen molar-refractivity contribution in [1.29, 1.82) is 0 Å². The van der Waals surface area contributed by atoms with Crippen molar-refractivity contribution in [3.05, 3.63) is 102 Å². The van der Waals surface area contributed by atoms with E-state index < -0.39 is 0 Å². The highest BCUT2D eigenvalue weighted by Crippen LogP contribution is 2.39. The molecule has 1 N–H and O–H groups in total. The van der Waals surface area contributed by atoms with Crippen molar-refractivity contribution >= 4 is 22.4 Å². The van der Waals surface area contributed by atoms with E-state index in [1.807, 2.05) is 30.3 Å². The van der Waals surface area contributed by atoms with E-state index in [9.17, 15) is 4.79 Å². The molecule has 4 aromatic carbocycles. The number of benzene rings is 4. The lowest BCUT2D eigenvalue weighted by Crippen LogP contribution is -2.57. The maximum Gasteiger partial charge on any atom is 0.255 e. The van der Waals surface area contributed by atoms with Gasteiger partial charge in [-0.1, -0.05) is 60.2 Å². The molecule has 0 spiro atoms. The number of amides is 1. The normalized spacial score (nSPS) is 17.0. The van der Waals surface area contributed by atoms with E-state index in [0.29, 0.717) is 5.56 Å². The van der Waals surface area contributed by atoms with Crippen molar-refractivity contribution in [2.75, 3.05) is 5.32 Å².